The molecule has 1 aliphatic carbocycles. The van der Waals surface area contributed by atoms with E-state index in [1.165, 1.54) is 0 Å². The van der Waals surface area contributed by atoms with Gasteiger partial charge in [0.1, 0.15) is 0 Å². The number of sulfonamides is 1. The Hall–Kier alpha value is -1.50. The average molecular weight is 306 g/mol. The molecule has 1 aliphatic rings. The van der Waals surface area contributed by atoms with Gasteiger partial charge in [-0.15, -0.1) is 0 Å². The largest absolute Gasteiger partial charge is 0.391 e. The predicted octanol–water partition coefficient (Wildman–Crippen LogP) is 1.82. The van der Waals surface area contributed by atoms with Crippen molar-refractivity contribution < 1.29 is 13.5 Å². The number of hydrogen-bond donors (Lipinski definition) is 2. The molecule has 0 bridgehead atoms. The lowest BCUT2D eigenvalue weighted by atomic mass is 9.93. The molecular formula is C15H18N2O3S. The molecule has 0 amide bonds. The maximum absolute atomic E-state index is 12.6. The van der Waals surface area contributed by atoms with Crippen molar-refractivity contribution in [3.63, 3.8) is 0 Å². The number of pyridine rings is 1. The van der Waals surface area contributed by atoms with Crippen molar-refractivity contribution in [2.45, 2.75) is 42.7 Å². The topological polar surface area (TPSA) is 79.3 Å². The summed E-state index contributed by atoms with van der Waals surface area (Å²) in [5.41, 5.74) is 0. The van der Waals surface area contributed by atoms with E-state index in [0.717, 1.165) is 18.2 Å². The van der Waals surface area contributed by atoms with Crippen molar-refractivity contribution >= 4 is 20.8 Å². The van der Waals surface area contributed by atoms with E-state index < -0.39 is 22.2 Å². The maximum atomic E-state index is 12.6. The van der Waals surface area contributed by atoms with E-state index in [-0.39, 0.29) is 4.90 Å². The van der Waals surface area contributed by atoms with Crippen LogP contribution in [0.2, 0.25) is 0 Å². The summed E-state index contributed by atoms with van der Waals surface area (Å²) in [6, 6.07) is 6.41. The van der Waals surface area contributed by atoms with Crippen LogP contribution in [0.25, 0.3) is 10.8 Å². The molecule has 6 heteroatoms. The smallest absolute Gasteiger partial charge is 0.241 e. The van der Waals surface area contributed by atoms with Crippen molar-refractivity contribution in [3.05, 3.63) is 36.7 Å². The molecular weight excluding hydrogens is 288 g/mol. The first-order valence-electron chi connectivity index (χ1n) is 7.11. The molecule has 112 valence electrons. The Labute approximate surface area is 124 Å². The molecule has 0 aliphatic heterocycles. The SMILES string of the molecule is O=S(=O)(NC1CCCCC1O)c1cccc2cnccc12. The first-order valence-corrected chi connectivity index (χ1v) is 8.59. The third-order valence-electron chi connectivity index (χ3n) is 3.97. The minimum absolute atomic E-state index is 0.236. The van der Waals surface area contributed by atoms with Crippen LogP contribution < -0.4 is 4.72 Å². The quantitative estimate of drug-likeness (QED) is 0.906. The van der Waals surface area contributed by atoms with Crippen molar-refractivity contribution in [3.8, 4) is 0 Å². The first kappa shape index (κ1) is 14.4. The lowest BCUT2D eigenvalue weighted by Gasteiger charge is -2.28. The highest BCUT2D eigenvalue weighted by molar-refractivity contribution is 7.89. The van der Waals surface area contributed by atoms with Crippen LogP contribution in [0.4, 0.5) is 0 Å². The molecule has 1 saturated carbocycles. The summed E-state index contributed by atoms with van der Waals surface area (Å²) in [6.45, 7) is 0. The van der Waals surface area contributed by atoms with Gasteiger partial charge in [-0.1, -0.05) is 25.0 Å². The van der Waals surface area contributed by atoms with Gasteiger partial charge in [0.2, 0.25) is 10.0 Å². The van der Waals surface area contributed by atoms with Crippen LogP contribution in [-0.4, -0.2) is 30.7 Å². The van der Waals surface area contributed by atoms with Crippen LogP contribution in [0.1, 0.15) is 25.7 Å². The van der Waals surface area contributed by atoms with Crippen LogP contribution in [0, 0.1) is 0 Å². The molecule has 1 aromatic carbocycles. The minimum atomic E-state index is -3.66. The summed E-state index contributed by atoms with van der Waals surface area (Å²) in [7, 11) is -3.66. The Morgan fingerprint density at radius 3 is 2.81 bits per heavy atom. The summed E-state index contributed by atoms with van der Waals surface area (Å²) in [5.74, 6) is 0. The standard InChI is InChI=1S/C15H18N2O3S/c18-14-6-2-1-5-13(14)17-21(19,20)15-7-3-4-11-10-16-9-8-12(11)15/h3-4,7-10,13-14,17-18H,1-2,5-6H2. The van der Waals surface area contributed by atoms with E-state index >= 15 is 0 Å². The molecule has 0 radical (unpaired) electrons. The number of aromatic nitrogens is 1. The van der Waals surface area contributed by atoms with Gasteiger partial charge in [0, 0.05) is 29.2 Å². The maximum Gasteiger partial charge on any atom is 0.241 e. The zero-order valence-corrected chi connectivity index (χ0v) is 12.4. The summed E-state index contributed by atoms with van der Waals surface area (Å²) < 4.78 is 27.9. The number of nitrogens with zero attached hydrogens (tertiary/aromatic N) is 1. The number of benzene rings is 1. The fraction of sp³-hybridized carbons (Fsp3) is 0.400. The van der Waals surface area contributed by atoms with Gasteiger partial charge in [0.25, 0.3) is 0 Å². The fourth-order valence-corrected chi connectivity index (χ4v) is 4.37. The number of hydrogen-bond acceptors (Lipinski definition) is 4. The first-order chi connectivity index (χ1) is 10.1. The van der Waals surface area contributed by atoms with Crippen LogP contribution in [0.15, 0.2) is 41.6 Å². The molecule has 1 heterocycles. The molecule has 5 nitrogen and oxygen atoms in total. The Morgan fingerprint density at radius 2 is 2.00 bits per heavy atom. The van der Waals surface area contributed by atoms with E-state index in [9.17, 15) is 13.5 Å². The number of fused-ring (bicyclic) bond motifs is 1. The summed E-state index contributed by atoms with van der Waals surface area (Å²) in [5, 5.41) is 11.4. The third-order valence-corrected chi connectivity index (χ3v) is 5.51. The normalized spacial score (nSPS) is 23.3. The van der Waals surface area contributed by atoms with Gasteiger partial charge in [-0.2, -0.15) is 0 Å². The van der Waals surface area contributed by atoms with Gasteiger partial charge in [0.15, 0.2) is 0 Å². The van der Waals surface area contributed by atoms with Crippen molar-refractivity contribution in [1.29, 1.82) is 0 Å². The van der Waals surface area contributed by atoms with Gasteiger partial charge >= 0.3 is 0 Å². The van der Waals surface area contributed by atoms with Gasteiger partial charge in [0.05, 0.1) is 11.0 Å². The van der Waals surface area contributed by atoms with Crippen molar-refractivity contribution in [2.75, 3.05) is 0 Å². The van der Waals surface area contributed by atoms with Crippen LogP contribution in [0.3, 0.4) is 0 Å². The van der Waals surface area contributed by atoms with E-state index in [0.29, 0.717) is 18.2 Å². The Bertz CT molecular complexity index is 740. The second-order valence-corrected chi connectivity index (χ2v) is 7.11. The molecule has 2 N–H and O–H groups in total. The second kappa shape index (κ2) is 5.71. The highest BCUT2D eigenvalue weighted by Crippen LogP contribution is 2.24. The number of aliphatic hydroxyl groups is 1. The zero-order chi connectivity index (χ0) is 14.9. The summed E-state index contributed by atoms with van der Waals surface area (Å²) >= 11 is 0. The van der Waals surface area contributed by atoms with E-state index in [2.05, 4.69) is 9.71 Å². The Balaban J connectivity index is 1.97. The van der Waals surface area contributed by atoms with Crippen LogP contribution in [-0.2, 0) is 10.0 Å². The van der Waals surface area contributed by atoms with E-state index in [1.807, 2.05) is 6.07 Å². The number of rotatable bonds is 3. The van der Waals surface area contributed by atoms with Gasteiger partial charge < -0.3 is 5.11 Å². The highest BCUT2D eigenvalue weighted by Gasteiger charge is 2.28. The van der Waals surface area contributed by atoms with E-state index in [1.54, 1.807) is 30.6 Å². The zero-order valence-electron chi connectivity index (χ0n) is 11.6. The summed E-state index contributed by atoms with van der Waals surface area (Å²) in [6.07, 6.45) is 5.81. The molecule has 3 rings (SSSR count). The number of aliphatic hydroxyl groups excluding tert-OH is 1. The van der Waals surface area contributed by atoms with Gasteiger partial charge in [-0.05, 0) is 25.0 Å². The van der Waals surface area contributed by atoms with Gasteiger partial charge in [-0.25, -0.2) is 13.1 Å². The molecule has 2 aromatic rings. The third kappa shape index (κ3) is 2.92. The molecule has 0 spiro atoms. The second-order valence-electron chi connectivity index (χ2n) is 5.43. The van der Waals surface area contributed by atoms with Crippen LogP contribution in [0.5, 0.6) is 0 Å². The van der Waals surface area contributed by atoms with Crippen molar-refractivity contribution in [1.82, 2.24) is 9.71 Å². The average Bonchev–Trinajstić information content (AvgIpc) is 2.49. The lowest BCUT2D eigenvalue weighted by Crippen LogP contribution is -2.44. The monoisotopic (exact) mass is 306 g/mol. The fourth-order valence-electron chi connectivity index (χ4n) is 2.84. The molecule has 1 aromatic heterocycles. The molecule has 2 atom stereocenters. The van der Waals surface area contributed by atoms with Crippen molar-refractivity contribution in [2.24, 2.45) is 0 Å². The highest BCUT2D eigenvalue weighted by atomic mass is 32.2. The Morgan fingerprint density at radius 1 is 1.19 bits per heavy atom. The molecule has 21 heavy (non-hydrogen) atoms. The summed E-state index contributed by atoms with van der Waals surface area (Å²) in [4.78, 5) is 4.24. The van der Waals surface area contributed by atoms with Gasteiger partial charge in [-0.3, -0.25) is 4.98 Å². The van der Waals surface area contributed by atoms with Crippen LogP contribution >= 0.6 is 0 Å². The molecule has 2 unspecified atom stereocenters. The Kier molecular flexibility index (Phi) is 3.93. The number of nitrogens with one attached hydrogen (secondary N) is 1. The molecule has 0 saturated heterocycles. The van der Waals surface area contributed by atoms with E-state index in [4.69, 9.17) is 0 Å². The molecule has 1 fully saturated rings. The predicted molar refractivity (Wildman–Crippen MR) is 80.3 cm³/mol. The lowest BCUT2D eigenvalue weighted by molar-refractivity contribution is 0.101. The minimum Gasteiger partial charge on any atom is -0.391 e.